The molecular formula is C9H16O4S. The smallest absolute Gasteiger partial charge is 0.333 e. The van der Waals surface area contributed by atoms with Crippen LogP contribution in [0, 0.1) is 0 Å². The topological polar surface area (TPSA) is 52.6 Å². The minimum absolute atomic E-state index is 0.340. The first-order valence-corrected chi connectivity index (χ1v) is 5.57. The van der Waals surface area contributed by atoms with Crippen LogP contribution in [-0.2, 0) is 24.8 Å². The maximum Gasteiger partial charge on any atom is 0.333 e. The maximum atomic E-state index is 10.9. The number of hydrogen-bond donors (Lipinski definition) is 0. The lowest BCUT2D eigenvalue weighted by atomic mass is 10.3. The van der Waals surface area contributed by atoms with Crippen LogP contribution in [0.2, 0.25) is 0 Å². The van der Waals surface area contributed by atoms with E-state index in [-0.39, 0.29) is 5.97 Å². The van der Waals surface area contributed by atoms with Gasteiger partial charge in [-0.2, -0.15) is 0 Å². The van der Waals surface area contributed by atoms with Gasteiger partial charge in [-0.25, -0.2) is 9.00 Å². The van der Waals surface area contributed by atoms with E-state index >= 15 is 0 Å². The van der Waals surface area contributed by atoms with Crippen LogP contribution < -0.4 is 0 Å². The van der Waals surface area contributed by atoms with Crippen molar-refractivity contribution in [2.45, 2.75) is 19.8 Å². The molecule has 82 valence electrons. The molecule has 0 aliphatic carbocycles. The third-order valence-electron chi connectivity index (χ3n) is 1.47. The van der Waals surface area contributed by atoms with E-state index in [2.05, 4.69) is 10.8 Å². The van der Waals surface area contributed by atoms with Crippen LogP contribution in [0.15, 0.2) is 12.2 Å². The number of rotatable bonds is 7. The zero-order chi connectivity index (χ0) is 11.0. The number of ether oxygens (including phenoxy) is 1. The van der Waals surface area contributed by atoms with Crippen LogP contribution in [0.1, 0.15) is 19.8 Å². The van der Waals surface area contributed by atoms with Crippen molar-refractivity contribution >= 4 is 17.0 Å². The number of esters is 1. The minimum atomic E-state index is -1.21. The van der Waals surface area contributed by atoms with Gasteiger partial charge < -0.3 is 4.74 Å². The van der Waals surface area contributed by atoms with Gasteiger partial charge in [0.1, 0.15) is 0 Å². The number of carbonyl (C=O) groups excluding carboxylic acids is 1. The molecule has 0 spiro atoms. The van der Waals surface area contributed by atoms with E-state index in [1.165, 1.54) is 7.11 Å². The third kappa shape index (κ3) is 6.80. The normalized spacial score (nSPS) is 12.1. The number of hydrogen-bond acceptors (Lipinski definition) is 4. The van der Waals surface area contributed by atoms with Gasteiger partial charge in [0, 0.05) is 11.3 Å². The van der Waals surface area contributed by atoms with Crippen LogP contribution >= 0.6 is 0 Å². The predicted molar refractivity (Wildman–Crippen MR) is 55.0 cm³/mol. The molecule has 5 heteroatoms. The number of unbranched alkanes of at least 4 members (excludes halogenated alkanes) is 1. The summed E-state index contributed by atoms with van der Waals surface area (Å²) in [7, 11) is 1.40. The van der Waals surface area contributed by atoms with Crippen LogP contribution in [-0.4, -0.2) is 29.6 Å². The van der Waals surface area contributed by atoms with Crippen molar-refractivity contribution in [1.29, 1.82) is 0 Å². The van der Waals surface area contributed by atoms with E-state index in [1.807, 2.05) is 0 Å². The van der Waals surface area contributed by atoms with Gasteiger partial charge in [-0.15, -0.1) is 0 Å². The van der Waals surface area contributed by atoms with E-state index in [4.69, 9.17) is 4.74 Å². The Morgan fingerprint density at radius 2 is 2.07 bits per heavy atom. The standard InChI is InChI=1S/C9H16O4S/c1-8(2)9(10)13-6-4-5-7-14(11)12-3/h1,4-7H2,2-3H3. The lowest BCUT2D eigenvalue weighted by Gasteiger charge is -2.03. The molecule has 0 amide bonds. The van der Waals surface area contributed by atoms with E-state index in [9.17, 15) is 9.00 Å². The zero-order valence-electron chi connectivity index (χ0n) is 8.58. The van der Waals surface area contributed by atoms with Crippen LogP contribution in [0.4, 0.5) is 0 Å². The van der Waals surface area contributed by atoms with Crippen molar-refractivity contribution in [2.24, 2.45) is 0 Å². The zero-order valence-corrected chi connectivity index (χ0v) is 9.39. The lowest BCUT2D eigenvalue weighted by Crippen LogP contribution is -2.07. The highest BCUT2D eigenvalue weighted by atomic mass is 32.2. The molecule has 0 aliphatic heterocycles. The van der Waals surface area contributed by atoms with Gasteiger partial charge in [-0.3, -0.25) is 4.18 Å². The van der Waals surface area contributed by atoms with Crippen molar-refractivity contribution in [2.75, 3.05) is 19.5 Å². The van der Waals surface area contributed by atoms with E-state index < -0.39 is 11.1 Å². The van der Waals surface area contributed by atoms with Gasteiger partial charge in [0.2, 0.25) is 0 Å². The molecule has 1 unspecified atom stereocenters. The lowest BCUT2D eigenvalue weighted by molar-refractivity contribution is -0.139. The summed E-state index contributed by atoms with van der Waals surface area (Å²) in [5.41, 5.74) is 0.394. The van der Waals surface area contributed by atoms with Crippen molar-refractivity contribution in [3.05, 3.63) is 12.2 Å². The Bertz CT molecular complexity index is 225. The van der Waals surface area contributed by atoms with Crippen LogP contribution in [0.3, 0.4) is 0 Å². The van der Waals surface area contributed by atoms with Gasteiger partial charge in [0.05, 0.1) is 13.7 Å². The molecule has 4 nitrogen and oxygen atoms in total. The Morgan fingerprint density at radius 3 is 2.57 bits per heavy atom. The second kappa shape index (κ2) is 7.70. The molecule has 0 aromatic carbocycles. The molecule has 1 atom stereocenters. The van der Waals surface area contributed by atoms with Gasteiger partial charge in [0.25, 0.3) is 0 Å². The minimum Gasteiger partial charge on any atom is -0.462 e. The summed E-state index contributed by atoms with van der Waals surface area (Å²) in [5.74, 6) is 0.0964. The van der Waals surface area contributed by atoms with Crippen molar-refractivity contribution < 1.29 is 17.9 Å². The second-order valence-electron chi connectivity index (χ2n) is 2.80. The molecule has 0 radical (unpaired) electrons. The highest BCUT2D eigenvalue weighted by Gasteiger charge is 2.02. The van der Waals surface area contributed by atoms with Crippen LogP contribution in [0.5, 0.6) is 0 Å². The molecule has 0 saturated heterocycles. The molecule has 0 N–H and O–H groups in total. The molecule has 0 bridgehead atoms. The first kappa shape index (κ1) is 13.3. The number of carbonyl (C=O) groups is 1. The molecule has 0 saturated carbocycles. The third-order valence-corrected chi connectivity index (χ3v) is 2.47. The van der Waals surface area contributed by atoms with Gasteiger partial charge in [-0.1, -0.05) is 6.58 Å². The molecule has 0 aliphatic rings. The van der Waals surface area contributed by atoms with Crippen molar-refractivity contribution in [3.8, 4) is 0 Å². The fraction of sp³-hybridized carbons (Fsp3) is 0.667. The summed E-state index contributed by atoms with van der Waals surface area (Å²) >= 11 is -1.21. The van der Waals surface area contributed by atoms with Gasteiger partial charge >= 0.3 is 5.97 Å². The molecule has 0 aromatic heterocycles. The summed E-state index contributed by atoms with van der Waals surface area (Å²) < 4.78 is 20.2. The highest BCUT2D eigenvalue weighted by molar-refractivity contribution is 7.80. The first-order valence-electron chi connectivity index (χ1n) is 4.33. The van der Waals surface area contributed by atoms with Gasteiger partial charge in [-0.05, 0) is 19.8 Å². The Balaban J connectivity index is 3.34. The highest BCUT2D eigenvalue weighted by Crippen LogP contribution is 1.97. The monoisotopic (exact) mass is 220 g/mol. The average Bonchev–Trinajstić information content (AvgIpc) is 2.16. The summed E-state index contributed by atoms with van der Waals surface area (Å²) in [6.45, 7) is 5.39. The van der Waals surface area contributed by atoms with Crippen molar-refractivity contribution in [1.82, 2.24) is 0 Å². The summed E-state index contributed by atoms with van der Waals surface area (Å²) in [6, 6.07) is 0. The predicted octanol–water partition coefficient (Wildman–Crippen LogP) is 1.20. The largest absolute Gasteiger partial charge is 0.462 e. The maximum absolute atomic E-state index is 10.9. The Kier molecular flexibility index (Phi) is 7.32. The molecule has 0 heterocycles. The fourth-order valence-corrected chi connectivity index (χ4v) is 1.30. The van der Waals surface area contributed by atoms with Gasteiger partial charge in [0.15, 0.2) is 11.1 Å². The fourth-order valence-electron chi connectivity index (χ4n) is 0.693. The van der Waals surface area contributed by atoms with E-state index in [0.717, 1.165) is 0 Å². The van der Waals surface area contributed by atoms with E-state index in [0.29, 0.717) is 30.8 Å². The molecule has 0 fully saturated rings. The summed E-state index contributed by atoms with van der Waals surface area (Å²) in [6.07, 6.45) is 1.40. The first-order chi connectivity index (χ1) is 6.57. The molecule has 14 heavy (non-hydrogen) atoms. The molecule has 0 aromatic rings. The Labute approximate surface area is 86.9 Å². The SMILES string of the molecule is C=C(C)C(=O)OCCCCS(=O)OC. The Hall–Kier alpha value is -0.680. The van der Waals surface area contributed by atoms with Crippen LogP contribution in [0.25, 0.3) is 0 Å². The summed E-state index contributed by atoms with van der Waals surface area (Å²) in [5, 5.41) is 0. The van der Waals surface area contributed by atoms with E-state index in [1.54, 1.807) is 6.92 Å². The summed E-state index contributed by atoms with van der Waals surface area (Å²) in [4.78, 5) is 10.9. The van der Waals surface area contributed by atoms with Crippen molar-refractivity contribution in [3.63, 3.8) is 0 Å². The Morgan fingerprint density at radius 1 is 1.43 bits per heavy atom. The molecule has 0 rings (SSSR count). The molecular weight excluding hydrogens is 204 g/mol. The average molecular weight is 220 g/mol. The quantitative estimate of drug-likeness (QED) is 0.367. The second-order valence-corrected chi connectivity index (χ2v) is 4.15.